The van der Waals surface area contributed by atoms with Crippen molar-refractivity contribution >= 4 is 34.1 Å². The van der Waals surface area contributed by atoms with Crippen LogP contribution in [-0.2, 0) is 25.7 Å². The maximum atomic E-state index is 6.13. The molecule has 3 aromatic heterocycles. The molecule has 0 aromatic carbocycles. The topological polar surface area (TPSA) is 201 Å². The SMILES string of the molecule is Cc1[nH]c(CCc2oc(CCc3[nH]c(C)c(N)c3N)c(N)c2N)c(N)c1N. The predicted octanol–water partition coefficient (Wildman–Crippen LogP) is 1.62. The first-order valence-electron chi connectivity index (χ1n) is 8.80. The normalized spacial score (nSPS) is 11.3. The molecule has 0 spiro atoms. The lowest BCUT2D eigenvalue weighted by Gasteiger charge is -2.01. The number of nitrogens with two attached hydrogens (primary N) is 6. The molecule has 0 unspecified atom stereocenters. The Morgan fingerprint density at radius 2 is 0.926 bits per heavy atom. The summed E-state index contributed by atoms with van der Waals surface area (Å²) < 4.78 is 5.92. The second-order valence-electron chi connectivity index (χ2n) is 6.89. The van der Waals surface area contributed by atoms with E-state index in [4.69, 9.17) is 38.8 Å². The van der Waals surface area contributed by atoms with Crippen LogP contribution in [0.5, 0.6) is 0 Å². The van der Waals surface area contributed by atoms with Crippen LogP contribution in [0.3, 0.4) is 0 Å². The molecule has 146 valence electrons. The molecule has 0 aliphatic carbocycles. The molecule has 14 N–H and O–H groups in total. The first kappa shape index (κ1) is 18.4. The number of rotatable bonds is 6. The zero-order valence-corrected chi connectivity index (χ0v) is 15.7. The second kappa shape index (κ2) is 6.75. The van der Waals surface area contributed by atoms with Gasteiger partial charge in [-0.1, -0.05) is 0 Å². The monoisotopic (exact) mass is 372 g/mol. The summed E-state index contributed by atoms with van der Waals surface area (Å²) in [4.78, 5) is 6.38. The van der Waals surface area contributed by atoms with E-state index in [2.05, 4.69) is 9.97 Å². The van der Waals surface area contributed by atoms with Crippen LogP contribution in [0, 0.1) is 13.8 Å². The molecule has 3 aromatic rings. The predicted molar refractivity (Wildman–Crippen MR) is 111 cm³/mol. The highest BCUT2D eigenvalue weighted by atomic mass is 16.3. The average Bonchev–Trinajstić information content (AvgIpc) is 3.15. The van der Waals surface area contributed by atoms with Crippen molar-refractivity contribution in [2.24, 2.45) is 0 Å². The fraction of sp³-hybridized carbons (Fsp3) is 0.333. The number of nitrogen functional groups attached to an aromatic ring is 6. The number of aromatic nitrogens is 2. The zero-order chi connectivity index (χ0) is 19.9. The number of anilines is 6. The summed E-state index contributed by atoms with van der Waals surface area (Å²) in [7, 11) is 0. The highest BCUT2D eigenvalue weighted by Crippen LogP contribution is 2.32. The van der Waals surface area contributed by atoms with Gasteiger partial charge in [-0.25, -0.2) is 0 Å². The van der Waals surface area contributed by atoms with Gasteiger partial charge in [-0.2, -0.15) is 0 Å². The van der Waals surface area contributed by atoms with Crippen LogP contribution in [0.2, 0.25) is 0 Å². The van der Waals surface area contributed by atoms with Gasteiger partial charge in [0.1, 0.15) is 11.5 Å². The molecule has 0 bridgehead atoms. The first-order valence-corrected chi connectivity index (χ1v) is 8.80. The molecule has 9 nitrogen and oxygen atoms in total. The van der Waals surface area contributed by atoms with E-state index in [0.717, 1.165) is 22.8 Å². The molecule has 0 atom stereocenters. The Balaban J connectivity index is 1.71. The largest absolute Gasteiger partial charge is 0.462 e. The van der Waals surface area contributed by atoms with E-state index < -0.39 is 0 Å². The summed E-state index contributed by atoms with van der Waals surface area (Å²) in [6.07, 6.45) is 2.38. The van der Waals surface area contributed by atoms with Gasteiger partial charge in [0, 0.05) is 35.6 Å². The fourth-order valence-corrected chi connectivity index (χ4v) is 3.25. The van der Waals surface area contributed by atoms with Crippen LogP contribution in [0.25, 0.3) is 0 Å². The lowest BCUT2D eigenvalue weighted by atomic mass is 10.1. The maximum Gasteiger partial charge on any atom is 0.129 e. The van der Waals surface area contributed by atoms with Crippen molar-refractivity contribution in [1.82, 2.24) is 9.97 Å². The van der Waals surface area contributed by atoms with E-state index in [9.17, 15) is 0 Å². The summed E-state index contributed by atoms with van der Waals surface area (Å²) in [5, 5.41) is 0. The van der Waals surface area contributed by atoms with E-state index in [-0.39, 0.29) is 0 Å². The first-order chi connectivity index (χ1) is 12.7. The van der Waals surface area contributed by atoms with E-state index in [1.54, 1.807) is 0 Å². The molecule has 0 saturated carbocycles. The summed E-state index contributed by atoms with van der Waals surface area (Å²) in [6, 6.07) is 0. The Labute approximate surface area is 157 Å². The number of H-pyrrole nitrogens is 2. The van der Waals surface area contributed by atoms with Gasteiger partial charge in [-0.3, -0.25) is 0 Å². The molecule has 0 amide bonds. The lowest BCUT2D eigenvalue weighted by molar-refractivity contribution is 0.465. The zero-order valence-electron chi connectivity index (χ0n) is 15.7. The Morgan fingerprint density at radius 1 is 0.556 bits per heavy atom. The Hall–Kier alpha value is -3.36. The Bertz CT molecular complexity index is 902. The minimum Gasteiger partial charge on any atom is -0.462 e. The molecule has 0 aliphatic rings. The van der Waals surface area contributed by atoms with Gasteiger partial charge in [0.05, 0.1) is 34.1 Å². The van der Waals surface area contributed by atoms with Crippen LogP contribution in [0.1, 0.15) is 34.3 Å². The number of hydrogen-bond acceptors (Lipinski definition) is 7. The van der Waals surface area contributed by atoms with E-state index in [1.165, 1.54) is 0 Å². The third-order valence-corrected chi connectivity index (χ3v) is 5.06. The molecular weight excluding hydrogens is 344 g/mol. The van der Waals surface area contributed by atoms with E-state index in [0.29, 0.717) is 71.3 Å². The van der Waals surface area contributed by atoms with Gasteiger partial charge >= 0.3 is 0 Å². The molecular formula is C18H28N8O. The van der Waals surface area contributed by atoms with E-state index >= 15 is 0 Å². The maximum absolute atomic E-state index is 6.13. The highest BCUT2D eigenvalue weighted by Gasteiger charge is 2.18. The minimum absolute atomic E-state index is 0.468. The van der Waals surface area contributed by atoms with Crippen molar-refractivity contribution < 1.29 is 4.42 Å². The summed E-state index contributed by atoms with van der Waals surface area (Å²) in [5.41, 5.74) is 42.8. The van der Waals surface area contributed by atoms with Crippen LogP contribution in [0.4, 0.5) is 34.1 Å². The molecule has 3 heterocycles. The van der Waals surface area contributed by atoms with E-state index in [1.807, 2.05) is 13.8 Å². The summed E-state index contributed by atoms with van der Waals surface area (Å²) in [6.45, 7) is 3.76. The van der Waals surface area contributed by atoms with Gasteiger partial charge < -0.3 is 48.8 Å². The molecule has 0 aliphatic heterocycles. The highest BCUT2D eigenvalue weighted by molar-refractivity contribution is 5.71. The molecule has 0 fully saturated rings. The minimum atomic E-state index is 0.468. The Kier molecular flexibility index (Phi) is 4.61. The van der Waals surface area contributed by atoms with Crippen LogP contribution < -0.4 is 34.4 Å². The van der Waals surface area contributed by atoms with Gasteiger partial charge in [0.25, 0.3) is 0 Å². The molecule has 27 heavy (non-hydrogen) atoms. The van der Waals surface area contributed by atoms with Crippen LogP contribution in [0.15, 0.2) is 4.42 Å². The standard InChI is InChI=1S/C18H28N8O/c1-7-13(19)15(21)9(25-7)3-5-11-17(23)18(24)12(27-11)6-4-10-16(22)14(20)8(2)26-10/h25-26H,3-6,19-24H2,1-2H3. The van der Waals surface area contributed by atoms with Crippen LogP contribution >= 0.6 is 0 Å². The van der Waals surface area contributed by atoms with Gasteiger partial charge in [-0.15, -0.1) is 0 Å². The number of aryl methyl sites for hydroxylation is 6. The second-order valence-corrected chi connectivity index (χ2v) is 6.89. The smallest absolute Gasteiger partial charge is 0.129 e. The quantitative estimate of drug-likeness (QED) is 0.321. The summed E-state index contributed by atoms with van der Waals surface area (Å²) >= 11 is 0. The average molecular weight is 372 g/mol. The van der Waals surface area contributed by atoms with Crippen LogP contribution in [-0.4, -0.2) is 9.97 Å². The van der Waals surface area contributed by atoms with Gasteiger partial charge in [0.2, 0.25) is 0 Å². The fourth-order valence-electron chi connectivity index (χ4n) is 3.25. The molecule has 9 heteroatoms. The van der Waals surface area contributed by atoms with Crippen molar-refractivity contribution in [3.63, 3.8) is 0 Å². The van der Waals surface area contributed by atoms with Crippen molar-refractivity contribution in [3.05, 3.63) is 34.3 Å². The van der Waals surface area contributed by atoms with Gasteiger partial charge in [0.15, 0.2) is 0 Å². The lowest BCUT2D eigenvalue weighted by Crippen LogP contribution is -2.00. The van der Waals surface area contributed by atoms with Crippen molar-refractivity contribution in [1.29, 1.82) is 0 Å². The third kappa shape index (κ3) is 3.23. The number of furan rings is 1. The molecule has 0 radical (unpaired) electrons. The van der Waals surface area contributed by atoms with Crippen molar-refractivity contribution in [2.75, 3.05) is 34.4 Å². The van der Waals surface area contributed by atoms with Crippen molar-refractivity contribution in [3.8, 4) is 0 Å². The number of aromatic amines is 2. The third-order valence-electron chi connectivity index (χ3n) is 5.06. The number of nitrogens with one attached hydrogen (secondary N) is 2. The van der Waals surface area contributed by atoms with Gasteiger partial charge in [-0.05, 0) is 26.7 Å². The number of hydrogen-bond donors (Lipinski definition) is 8. The molecule has 3 rings (SSSR count). The Morgan fingerprint density at radius 3 is 1.22 bits per heavy atom. The van der Waals surface area contributed by atoms with Crippen molar-refractivity contribution in [2.45, 2.75) is 39.5 Å². The molecule has 0 saturated heterocycles. The summed E-state index contributed by atoms with van der Waals surface area (Å²) in [5.74, 6) is 1.28.